The Morgan fingerprint density at radius 2 is 0.710 bits per heavy atom. The maximum absolute atomic E-state index is 13.2. The van der Waals surface area contributed by atoms with Gasteiger partial charge in [0.05, 0.1) is 13.2 Å². The second-order valence-electron chi connectivity index (χ2n) is 23.3. The molecular weight excluding hydrogens is 771 g/mol. The van der Waals surface area contributed by atoms with Crippen LogP contribution in [0.2, 0.25) is 0 Å². The maximum atomic E-state index is 13.2. The Morgan fingerprint density at radius 3 is 1.00 bits per heavy atom. The van der Waals surface area contributed by atoms with Crippen LogP contribution in [0.1, 0.15) is 208 Å². The largest absolute Gasteiger partial charge is 0.378 e. The highest BCUT2D eigenvalue weighted by molar-refractivity contribution is 5.84. The lowest BCUT2D eigenvalue weighted by Crippen LogP contribution is -2.53. The maximum Gasteiger partial charge on any atom is 0.228 e. The van der Waals surface area contributed by atoms with Crippen molar-refractivity contribution >= 4 is 17.7 Å². The van der Waals surface area contributed by atoms with Gasteiger partial charge < -0.3 is 29.7 Å². The Kier molecular flexibility index (Phi) is 25.7. The van der Waals surface area contributed by atoms with Gasteiger partial charge in [0.15, 0.2) is 0 Å². The summed E-state index contributed by atoms with van der Waals surface area (Å²) in [6.07, 6.45) is 21.0. The van der Waals surface area contributed by atoms with E-state index in [0.717, 1.165) is 123 Å². The van der Waals surface area contributed by atoms with Crippen LogP contribution < -0.4 is 5.32 Å². The van der Waals surface area contributed by atoms with Gasteiger partial charge in [-0.05, 0) is 81.1 Å². The van der Waals surface area contributed by atoms with Crippen molar-refractivity contribution in [1.29, 1.82) is 0 Å². The predicted molar refractivity (Wildman–Crippen MR) is 267 cm³/mol. The standard InChI is InChI=1S/C17H32N2O.C16H30N2O.C16H29NO2.4CH4/c1-16(2,3)14-17(8-6-5-7-9-17)15(20)19-12-10-18(4)11-13-19;1-15(2,3)13-16(7-5-4-6-8-16)14(19)18-11-9-17-10-12-18;1-15(2,3)13-16(7-5-4-6-8-16)14(18)17-9-11-19-12-10-17;;;;/h5-14H2,1-4H3;17H,4-13H2,1-3H3;4-13H2,1-3H3;4*1H4. The molecule has 3 saturated carbocycles. The highest BCUT2D eigenvalue weighted by Gasteiger charge is 2.47. The molecule has 62 heavy (non-hydrogen) atoms. The fourth-order valence-electron chi connectivity index (χ4n) is 11.8. The molecule has 6 aliphatic rings. The van der Waals surface area contributed by atoms with E-state index in [2.05, 4.69) is 94.3 Å². The number of amides is 3. The Labute approximate surface area is 386 Å². The van der Waals surface area contributed by atoms with Gasteiger partial charge in [0.2, 0.25) is 17.7 Å². The van der Waals surface area contributed by atoms with Crippen LogP contribution in [0.25, 0.3) is 0 Å². The molecular formula is C53H107N5O4. The van der Waals surface area contributed by atoms with Crippen LogP contribution >= 0.6 is 0 Å². The lowest BCUT2D eigenvalue weighted by Gasteiger charge is -2.45. The highest BCUT2D eigenvalue weighted by Crippen LogP contribution is 2.48. The van der Waals surface area contributed by atoms with E-state index in [9.17, 15) is 14.4 Å². The van der Waals surface area contributed by atoms with Crippen molar-refractivity contribution in [1.82, 2.24) is 24.9 Å². The number of hydrogen-bond donors (Lipinski definition) is 1. The summed E-state index contributed by atoms with van der Waals surface area (Å²) in [4.78, 5) is 47.9. The smallest absolute Gasteiger partial charge is 0.228 e. The molecule has 3 amide bonds. The highest BCUT2D eigenvalue weighted by atomic mass is 16.5. The third-order valence-electron chi connectivity index (χ3n) is 13.9. The summed E-state index contributed by atoms with van der Waals surface area (Å²) in [5.41, 5.74) is 0.480. The summed E-state index contributed by atoms with van der Waals surface area (Å²) in [7, 11) is 2.15. The Balaban J connectivity index is 0.000000872. The summed E-state index contributed by atoms with van der Waals surface area (Å²) < 4.78 is 5.38. The fourth-order valence-corrected chi connectivity index (χ4v) is 11.8. The van der Waals surface area contributed by atoms with E-state index < -0.39 is 0 Å². The molecule has 0 aromatic heterocycles. The zero-order valence-electron chi connectivity index (χ0n) is 39.6. The molecule has 3 aliphatic carbocycles. The van der Waals surface area contributed by atoms with Gasteiger partial charge >= 0.3 is 0 Å². The molecule has 0 bridgehead atoms. The van der Waals surface area contributed by atoms with Gasteiger partial charge in [-0.15, -0.1) is 0 Å². The lowest BCUT2D eigenvalue weighted by atomic mass is 9.65. The predicted octanol–water partition coefficient (Wildman–Crippen LogP) is 11.7. The van der Waals surface area contributed by atoms with Crippen molar-refractivity contribution in [3.63, 3.8) is 0 Å². The second kappa shape index (κ2) is 26.4. The Bertz CT molecular complexity index is 1190. The van der Waals surface area contributed by atoms with E-state index in [-0.39, 0.29) is 62.2 Å². The minimum absolute atomic E-state index is 0. The van der Waals surface area contributed by atoms with Gasteiger partial charge in [0.1, 0.15) is 0 Å². The number of ether oxygens (including phenoxy) is 1. The molecule has 1 N–H and O–H groups in total. The molecule has 3 aliphatic heterocycles. The molecule has 0 aromatic rings. The van der Waals surface area contributed by atoms with Gasteiger partial charge in [-0.1, -0.05) is 150 Å². The molecule has 0 radical (unpaired) electrons. The van der Waals surface area contributed by atoms with E-state index in [1.807, 2.05) is 0 Å². The average Bonchev–Trinajstić information content (AvgIpc) is 3.17. The van der Waals surface area contributed by atoms with Crippen LogP contribution in [-0.4, -0.2) is 123 Å². The molecule has 0 unspecified atom stereocenters. The van der Waals surface area contributed by atoms with E-state index in [0.29, 0.717) is 30.9 Å². The third kappa shape index (κ3) is 18.3. The molecule has 6 fully saturated rings. The van der Waals surface area contributed by atoms with Crippen LogP contribution in [0.4, 0.5) is 0 Å². The van der Waals surface area contributed by atoms with Crippen LogP contribution in [0.5, 0.6) is 0 Å². The SMILES string of the molecule is C.C.C.C.CC(C)(C)CC1(C(=O)N2CCNCC2)CCCCC1.CC(C)(C)CC1(C(=O)N2CCOCC2)CCCCC1.CN1CCN(C(=O)C2(CC(C)(C)C)CCCCC2)CC1. The van der Waals surface area contributed by atoms with E-state index in [1.54, 1.807) is 0 Å². The van der Waals surface area contributed by atoms with Crippen molar-refractivity contribution in [2.24, 2.45) is 32.5 Å². The van der Waals surface area contributed by atoms with Crippen molar-refractivity contribution in [2.75, 3.05) is 85.7 Å². The number of carbonyl (C=O) groups is 3. The first kappa shape index (κ1) is 60.3. The molecule has 9 nitrogen and oxygen atoms in total. The number of morpholine rings is 1. The van der Waals surface area contributed by atoms with Crippen molar-refractivity contribution in [3.05, 3.63) is 0 Å². The van der Waals surface area contributed by atoms with Gasteiger partial charge in [-0.3, -0.25) is 14.4 Å². The van der Waals surface area contributed by atoms with E-state index in [4.69, 9.17) is 4.74 Å². The number of likely N-dealkylation sites (N-methyl/N-ethyl adjacent to an activating group) is 1. The topological polar surface area (TPSA) is 85.4 Å². The van der Waals surface area contributed by atoms with Crippen LogP contribution in [-0.2, 0) is 19.1 Å². The van der Waals surface area contributed by atoms with Crippen LogP contribution in [0.15, 0.2) is 0 Å². The van der Waals surface area contributed by atoms with E-state index >= 15 is 0 Å². The van der Waals surface area contributed by atoms with Gasteiger partial charge in [0, 0.05) is 81.7 Å². The molecule has 3 saturated heterocycles. The normalized spacial score (nSPS) is 22.8. The minimum Gasteiger partial charge on any atom is -0.378 e. The Morgan fingerprint density at radius 1 is 0.435 bits per heavy atom. The Hall–Kier alpha value is -1.71. The lowest BCUT2D eigenvalue weighted by molar-refractivity contribution is -0.150. The van der Waals surface area contributed by atoms with Gasteiger partial charge in [0.25, 0.3) is 0 Å². The third-order valence-corrected chi connectivity index (χ3v) is 13.9. The number of nitrogens with zero attached hydrogens (tertiary/aromatic N) is 4. The van der Waals surface area contributed by atoms with E-state index in [1.165, 1.54) is 57.8 Å². The quantitative estimate of drug-likeness (QED) is 0.286. The van der Waals surface area contributed by atoms with Gasteiger partial charge in [-0.25, -0.2) is 0 Å². The molecule has 0 aromatic carbocycles. The van der Waals surface area contributed by atoms with Crippen molar-refractivity contribution in [2.45, 2.75) is 208 Å². The number of carbonyl (C=O) groups excluding carboxylic acids is 3. The molecule has 6 rings (SSSR count). The summed E-state index contributed by atoms with van der Waals surface area (Å²) in [6.45, 7) is 31.0. The first-order chi connectivity index (χ1) is 27.2. The van der Waals surface area contributed by atoms with Gasteiger partial charge in [-0.2, -0.15) is 0 Å². The van der Waals surface area contributed by atoms with Crippen molar-refractivity contribution < 1.29 is 19.1 Å². The summed E-state index contributed by atoms with van der Waals surface area (Å²) >= 11 is 0. The number of hydrogen-bond acceptors (Lipinski definition) is 6. The van der Waals surface area contributed by atoms with Crippen LogP contribution in [0.3, 0.4) is 0 Å². The molecule has 0 atom stereocenters. The summed E-state index contributed by atoms with van der Waals surface area (Å²) in [5.74, 6) is 1.31. The fraction of sp³-hybridized carbons (Fsp3) is 0.943. The molecule has 368 valence electrons. The first-order valence-corrected chi connectivity index (χ1v) is 24.0. The molecule has 3 heterocycles. The minimum atomic E-state index is -0.0894. The second-order valence-corrected chi connectivity index (χ2v) is 23.3. The van der Waals surface area contributed by atoms with Crippen molar-refractivity contribution in [3.8, 4) is 0 Å². The monoisotopic (exact) mass is 878 g/mol. The zero-order chi connectivity index (χ0) is 42.7. The van der Waals surface area contributed by atoms with Crippen LogP contribution in [0, 0.1) is 32.5 Å². The molecule has 9 heteroatoms. The average molecular weight is 878 g/mol. The molecule has 0 spiro atoms. The summed E-state index contributed by atoms with van der Waals surface area (Å²) in [5, 5.41) is 3.34. The number of rotatable bonds is 6. The number of piperazine rings is 2. The first-order valence-electron chi connectivity index (χ1n) is 24.0. The summed E-state index contributed by atoms with van der Waals surface area (Å²) in [6, 6.07) is 0. The zero-order valence-corrected chi connectivity index (χ0v) is 39.6. The number of nitrogens with one attached hydrogen (secondary N) is 1.